The van der Waals surface area contributed by atoms with E-state index in [2.05, 4.69) is 27.3 Å². The highest BCUT2D eigenvalue weighted by atomic mass is 79.9. The van der Waals surface area contributed by atoms with Crippen LogP contribution in [0.1, 0.15) is 25.5 Å². The zero-order valence-corrected chi connectivity index (χ0v) is 9.88. The van der Waals surface area contributed by atoms with Gasteiger partial charge in [-0.1, -0.05) is 28.1 Å². The molecule has 1 N–H and O–H groups in total. The highest BCUT2D eigenvalue weighted by Crippen LogP contribution is 2.16. The van der Waals surface area contributed by atoms with Gasteiger partial charge in [-0.25, -0.2) is 0 Å². The standard InChI is InChI=1S/C11H13BrN2/c1-8(2)14-11(7-13)9-3-5-10(12)6-4-9/h3-6,8,11,14H,1-2H3. The van der Waals surface area contributed by atoms with Crippen LogP contribution >= 0.6 is 15.9 Å². The van der Waals surface area contributed by atoms with Crippen LogP contribution in [0.15, 0.2) is 28.7 Å². The molecule has 74 valence electrons. The van der Waals surface area contributed by atoms with E-state index in [1.165, 1.54) is 0 Å². The Hall–Kier alpha value is -0.850. The van der Waals surface area contributed by atoms with Gasteiger partial charge in [0.15, 0.2) is 0 Å². The van der Waals surface area contributed by atoms with Crippen LogP contribution in [0.2, 0.25) is 0 Å². The average Bonchev–Trinajstić information content (AvgIpc) is 2.15. The van der Waals surface area contributed by atoms with E-state index in [0.29, 0.717) is 6.04 Å². The average molecular weight is 253 g/mol. The van der Waals surface area contributed by atoms with Crippen molar-refractivity contribution in [1.29, 1.82) is 5.26 Å². The zero-order chi connectivity index (χ0) is 10.6. The predicted molar refractivity (Wildman–Crippen MR) is 60.8 cm³/mol. The number of halogens is 1. The lowest BCUT2D eigenvalue weighted by Crippen LogP contribution is -2.26. The summed E-state index contributed by atoms with van der Waals surface area (Å²) in [5.74, 6) is 0. The van der Waals surface area contributed by atoms with Gasteiger partial charge in [-0.05, 0) is 31.5 Å². The molecule has 0 aliphatic carbocycles. The van der Waals surface area contributed by atoms with Gasteiger partial charge in [0.2, 0.25) is 0 Å². The van der Waals surface area contributed by atoms with Crippen LogP contribution in [0.4, 0.5) is 0 Å². The number of benzene rings is 1. The van der Waals surface area contributed by atoms with Crippen LogP contribution in [0.25, 0.3) is 0 Å². The van der Waals surface area contributed by atoms with Gasteiger partial charge < -0.3 is 0 Å². The molecule has 3 heteroatoms. The summed E-state index contributed by atoms with van der Waals surface area (Å²) in [6, 6.07) is 10.1. The number of nitrogens with one attached hydrogen (secondary N) is 1. The van der Waals surface area contributed by atoms with Gasteiger partial charge in [0.05, 0.1) is 6.07 Å². The fourth-order valence-corrected chi connectivity index (χ4v) is 1.46. The lowest BCUT2D eigenvalue weighted by atomic mass is 10.1. The van der Waals surface area contributed by atoms with Crippen molar-refractivity contribution in [1.82, 2.24) is 5.32 Å². The smallest absolute Gasteiger partial charge is 0.121 e. The molecule has 0 bridgehead atoms. The first-order chi connectivity index (χ1) is 6.63. The Morgan fingerprint density at radius 2 is 1.86 bits per heavy atom. The molecule has 0 radical (unpaired) electrons. The molecule has 0 saturated heterocycles. The summed E-state index contributed by atoms with van der Waals surface area (Å²) in [6.07, 6.45) is 0. The van der Waals surface area contributed by atoms with Gasteiger partial charge in [0, 0.05) is 10.5 Å². The molecule has 1 rings (SSSR count). The number of rotatable bonds is 3. The molecule has 1 atom stereocenters. The van der Waals surface area contributed by atoms with Crippen LogP contribution in [-0.2, 0) is 0 Å². The molecule has 0 spiro atoms. The lowest BCUT2D eigenvalue weighted by Gasteiger charge is -2.14. The number of hydrogen-bond donors (Lipinski definition) is 1. The van der Waals surface area contributed by atoms with E-state index in [1.54, 1.807) is 0 Å². The van der Waals surface area contributed by atoms with Crippen LogP contribution in [0.5, 0.6) is 0 Å². The van der Waals surface area contributed by atoms with Crippen LogP contribution in [0.3, 0.4) is 0 Å². The maximum absolute atomic E-state index is 8.97. The first kappa shape index (κ1) is 11.2. The van der Waals surface area contributed by atoms with Crippen molar-refractivity contribution in [3.8, 4) is 6.07 Å². The second-order valence-electron chi connectivity index (χ2n) is 3.44. The lowest BCUT2D eigenvalue weighted by molar-refractivity contribution is 0.546. The van der Waals surface area contributed by atoms with E-state index in [1.807, 2.05) is 38.1 Å². The van der Waals surface area contributed by atoms with E-state index in [9.17, 15) is 0 Å². The summed E-state index contributed by atoms with van der Waals surface area (Å²) in [6.45, 7) is 4.06. The molecule has 1 aromatic rings. The van der Waals surface area contributed by atoms with E-state index in [-0.39, 0.29) is 6.04 Å². The molecule has 0 fully saturated rings. The molecular formula is C11H13BrN2. The topological polar surface area (TPSA) is 35.8 Å². The molecule has 2 nitrogen and oxygen atoms in total. The van der Waals surface area contributed by atoms with Crippen LogP contribution in [-0.4, -0.2) is 6.04 Å². The first-order valence-corrected chi connectivity index (χ1v) is 5.34. The van der Waals surface area contributed by atoms with E-state index in [0.717, 1.165) is 10.0 Å². The van der Waals surface area contributed by atoms with Crippen LogP contribution in [0, 0.1) is 11.3 Å². The Kier molecular flexibility index (Phi) is 4.12. The Morgan fingerprint density at radius 1 is 1.29 bits per heavy atom. The third-order valence-corrected chi connectivity index (χ3v) is 2.36. The molecule has 14 heavy (non-hydrogen) atoms. The zero-order valence-electron chi connectivity index (χ0n) is 8.29. The number of nitriles is 1. The van der Waals surface area contributed by atoms with Gasteiger partial charge >= 0.3 is 0 Å². The second kappa shape index (κ2) is 5.14. The van der Waals surface area contributed by atoms with Crippen molar-refractivity contribution in [2.24, 2.45) is 0 Å². The third kappa shape index (κ3) is 3.13. The molecular weight excluding hydrogens is 240 g/mol. The normalized spacial score (nSPS) is 12.5. The van der Waals surface area contributed by atoms with E-state index >= 15 is 0 Å². The Balaban J connectivity index is 2.80. The molecule has 1 unspecified atom stereocenters. The van der Waals surface area contributed by atoms with Gasteiger partial charge in [0.25, 0.3) is 0 Å². The minimum Gasteiger partial charge on any atom is -0.296 e. The summed E-state index contributed by atoms with van der Waals surface area (Å²) in [7, 11) is 0. The summed E-state index contributed by atoms with van der Waals surface area (Å²) in [4.78, 5) is 0. The summed E-state index contributed by atoms with van der Waals surface area (Å²) < 4.78 is 1.03. The molecule has 0 heterocycles. The van der Waals surface area contributed by atoms with Crippen molar-refractivity contribution in [2.45, 2.75) is 25.9 Å². The quantitative estimate of drug-likeness (QED) is 0.898. The van der Waals surface area contributed by atoms with Gasteiger partial charge in [-0.2, -0.15) is 5.26 Å². The fourth-order valence-electron chi connectivity index (χ4n) is 1.20. The first-order valence-electron chi connectivity index (χ1n) is 4.54. The van der Waals surface area contributed by atoms with Crippen molar-refractivity contribution in [3.05, 3.63) is 34.3 Å². The molecule has 0 aromatic heterocycles. The van der Waals surface area contributed by atoms with Gasteiger partial charge in [-0.15, -0.1) is 0 Å². The maximum Gasteiger partial charge on any atom is 0.121 e. The molecule has 0 aliphatic rings. The highest BCUT2D eigenvalue weighted by molar-refractivity contribution is 9.10. The highest BCUT2D eigenvalue weighted by Gasteiger charge is 2.10. The van der Waals surface area contributed by atoms with Crippen molar-refractivity contribution >= 4 is 15.9 Å². The van der Waals surface area contributed by atoms with E-state index in [4.69, 9.17) is 5.26 Å². The van der Waals surface area contributed by atoms with Crippen molar-refractivity contribution < 1.29 is 0 Å². The number of hydrogen-bond acceptors (Lipinski definition) is 2. The van der Waals surface area contributed by atoms with Gasteiger partial charge in [-0.3, -0.25) is 5.32 Å². The number of nitrogens with zero attached hydrogens (tertiary/aromatic N) is 1. The minimum atomic E-state index is -0.219. The van der Waals surface area contributed by atoms with Crippen molar-refractivity contribution in [3.63, 3.8) is 0 Å². The molecule has 0 saturated carbocycles. The molecule has 1 aromatic carbocycles. The fraction of sp³-hybridized carbons (Fsp3) is 0.364. The van der Waals surface area contributed by atoms with Gasteiger partial charge in [0.1, 0.15) is 6.04 Å². The Morgan fingerprint density at radius 3 is 2.29 bits per heavy atom. The third-order valence-electron chi connectivity index (χ3n) is 1.83. The second-order valence-corrected chi connectivity index (χ2v) is 4.35. The summed E-state index contributed by atoms with van der Waals surface area (Å²) in [5, 5.41) is 12.2. The van der Waals surface area contributed by atoms with Crippen molar-refractivity contribution in [2.75, 3.05) is 0 Å². The Labute approximate surface area is 93.1 Å². The SMILES string of the molecule is CC(C)NC(C#N)c1ccc(Br)cc1. The predicted octanol–water partition coefficient (Wildman–Crippen LogP) is 3.01. The summed E-state index contributed by atoms with van der Waals surface area (Å²) >= 11 is 3.36. The maximum atomic E-state index is 8.97. The molecule has 0 aliphatic heterocycles. The summed E-state index contributed by atoms with van der Waals surface area (Å²) in [5.41, 5.74) is 1.00. The molecule has 0 amide bonds. The van der Waals surface area contributed by atoms with E-state index < -0.39 is 0 Å². The van der Waals surface area contributed by atoms with Crippen LogP contribution < -0.4 is 5.32 Å². The largest absolute Gasteiger partial charge is 0.296 e. The minimum absolute atomic E-state index is 0.219. The monoisotopic (exact) mass is 252 g/mol. The Bertz CT molecular complexity index is 324.